The molecule has 1 heterocycles. The van der Waals surface area contributed by atoms with Crippen LogP contribution in [-0.4, -0.2) is 50.7 Å². The number of hydrogen-bond acceptors (Lipinski definition) is 6. The molecule has 14 heteroatoms. The molecule has 0 saturated heterocycles. The Balaban J connectivity index is 1.94. The highest BCUT2D eigenvalue weighted by molar-refractivity contribution is 6.30. The van der Waals surface area contributed by atoms with Crippen LogP contribution in [0.4, 0.5) is 22.8 Å². The molecule has 0 radical (unpaired) electrons. The van der Waals surface area contributed by atoms with Gasteiger partial charge >= 0.3 is 12.1 Å². The molecular weight excluding hydrogens is 525 g/mol. The van der Waals surface area contributed by atoms with Gasteiger partial charge in [0.15, 0.2) is 17.5 Å². The predicted octanol–water partition coefficient (Wildman–Crippen LogP) is 3.21. The highest BCUT2D eigenvalue weighted by Gasteiger charge is 2.30. The number of aliphatic imine (C=N–C) groups is 1. The molecule has 202 valence electrons. The van der Waals surface area contributed by atoms with Crippen LogP contribution in [0.1, 0.15) is 17.7 Å². The van der Waals surface area contributed by atoms with Crippen molar-refractivity contribution in [3.8, 4) is 0 Å². The summed E-state index contributed by atoms with van der Waals surface area (Å²) in [5.41, 5.74) is 12.8. The van der Waals surface area contributed by atoms with Gasteiger partial charge in [-0.05, 0) is 29.3 Å². The number of urea groups is 2. The number of amides is 4. The van der Waals surface area contributed by atoms with Crippen LogP contribution in [0.25, 0.3) is 0 Å². The zero-order valence-corrected chi connectivity index (χ0v) is 21.3. The van der Waals surface area contributed by atoms with Gasteiger partial charge in [-0.15, -0.1) is 0 Å². The molecule has 5 N–H and O–H groups in total. The summed E-state index contributed by atoms with van der Waals surface area (Å²) in [4.78, 5) is 35.5. The molecule has 1 aromatic carbocycles. The van der Waals surface area contributed by atoms with Gasteiger partial charge in [0, 0.05) is 43.7 Å². The number of halogens is 4. The lowest BCUT2D eigenvalue weighted by molar-refractivity contribution is 0.160. The second-order valence-corrected chi connectivity index (χ2v) is 8.88. The van der Waals surface area contributed by atoms with E-state index in [4.69, 9.17) is 23.1 Å². The number of nitrogens with zero attached hydrogens (tertiary/aromatic N) is 5. The topological polar surface area (TPSA) is 135 Å². The van der Waals surface area contributed by atoms with Gasteiger partial charge in [-0.1, -0.05) is 18.2 Å². The van der Waals surface area contributed by atoms with Crippen molar-refractivity contribution < 1.29 is 22.8 Å². The molecule has 0 fully saturated rings. The third kappa shape index (κ3) is 6.54. The normalized spacial score (nSPS) is 15.4. The summed E-state index contributed by atoms with van der Waals surface area (Å²) in [5.74, 6) is -4.65. The van der Waals surface area contributed by atoms with E-state index in [2.05, 4.69) is 21.9 Å². The first-order valence-electron chi connectivity index (χ1n) is 11.1. The first kappa shape index (κ1) is 28.3. The molecule has 3 rings (SSSR count). The molecule has 0 bridgehead atoms. The molecular formula is C24H26ClF3N8O2. The predicted molar refractivity (Wildman–Crippen MR) is 136 cm³/mol. The number of carbonyl (C=O) groups is 2. The Labute approximate surface area is 221 Å². The fourth-order valence-corrected chi connectivity index (χ4v) is 3.96. The Morgan fingerprint density at radius 3 is 2.50 bits per heavy atom. The summed E-state index contributed by atoms with van der Waals surface area (Å²) in [6, 6.07) is -1.24. The summed E-state index contributed by atoms with van der Waals surface area (Å²) >= 11 is 6.37. The van der Waals surface area contributed by atoms with Crippen LogP contribution in [0, 0.1) is 17.5 Å². The van der Waals surface area contributed by atoms with Gasteiger partial charge in [0.1, 0.15) is 5.82 Å². The van der Waals surface area contributed by atoms with Crippen LogP contribution < -0.4 is 16.8 Å². The third-order valence-corrected chi connectivity index (χ3v) is 5.94. The van der Waals surface area contributed by atoms with Crippen molar-refractivity contribution >= 4 is 29.9 Å². The number of aromatic nitrogens is 2. The van der Waals surface area contributed by atoms with Gasteiger partial charge in [0.25, 0.3) is 0 Å². The van der Waals surface area contributed by atoms with Crippen molar-refractivity contribution in [2.45, 2.75) is 25.6 Å². The number of nitrogens with one attached hydrogen (secondary N) is 1. The standard InChI is InChI=1S/C24H26ClF3N8O2/c1-13(33-21-6-15(8-31-2)20(29)7-17(21)25)35(9-14-4-18(26)22(28)19(27)5-14)24(38)36(23(30)37)11-16-10-34(3)12-32-16/h4-5,7-8,10,12,21,33H,1,6,9,11,29H2,2-3H3,(H2,30,37). The Morgan fingerprint density at radius 2 is 1.95 bits per heavy atom. The molecule has 0 aliphatic heterocycles. The average Bonchev–Trinajstić information content (AvgIpc) is 3.26. The van der Waals surface area contributed by atoms with E-state index in [0.717, 1.165) is 17.0 Å². The summed E-state index contributed by atoms with van der Waals surface area (Å²) in [6.07, 6.45) is 6.38. The minimum Gasteiger partial charge on any atom is -0.398 e. The SMILES string of the molecule is C=C(NC1CC(C=NC)=C(N)C=C1Cl)N(Cc1cc(F)c(F)c(F)c1)C(=O)N(Cc1cn(C)cn1)C(N)=O. The van der Waals surface area contributed by atoms with E-state index < -0.39 is 42.1 Å². The zero-order valence-electron chi connectivity index (χ0n) is 20.6. The summed E-state index contributed by atoms with van der Waals surface area (Å²) < 4.78 is 43.0. The minimum atomic E-state index is -1.66. The highest BCUT2D eigenvalue weighted by Crippen LogP contribution is 2.26. The lowest BCUT2D eigenvalue weighted by Crippen LogP contribution is -2.50. The van der Waals surface area contributed by atoms with Crippen molar-refractivity contribution in [3.05, 3.63) is 88.1 Å². The fourth-order valence-electron chi connectivity index (χ4n) is 3.72. The van der Waals surface area contributed by atoms with Crippen molar-refractivity contribution in [3.63, 3.8) is 0 Å². The summed E-state index contributed by atoms with van der Waals surface area (Å²) in [5, 5.41) is 3.27. The number of imide groups is 1. The van der Waals surface area contributed by atoms with Crippen LogP contribution in [0.15, 0.2) is 64.4 Å². The maximum atomic E-state index is 13.9. The number of hydrogen-bond donors (Lipinski definition) is 3. The lowest BCUT2D eigenvalue weighted by atomic mass is 9.98. The number of rotatable bonds is 8. The fraction of sp³-hybridized carbons (Fsp3) is 0.250. The van der Waals surface area contributed by atoms with Gasteiger partial charge < -0.3 is 21.4 Å². The highest BCUT2D eigenvalue weighted by atomic mass is 35.5. The Hall–Kier alpha value is -4.26. The number of aryl methyl sites for hydroxylation is 1. The second kappa shape index (κ2) is 11.9. The van der Waals surface area contributed by atoms with E-state index in [1.165, 1.54) is 12.4 Å². The maximum Gasteiger partial charge on any atom is 0.334 e. The van der Waals surface area contributed by atoms with Crippen LogP contribution >= 0.6 is 11.6 Å². The molecule has 0 saturated carbocycles. The monoisotopic (exact) mass is 550 g/mol. The zero-order chi connectivity index (χ0) is 28.1. The van der Waals surface area contributed by atoms with Gasteiger partial charge in [0.05, 0.1) is 31.2 Å². The average molecular weight is 551 g/mol. The number of allylic oxidation sites excluding steroid dienone is 1. The molecule has 0 spiro atoms. The molecule has 4 amide bonds. The van der Waals surface area contributed by atoms with E-state index in [1.807, 2.05) is 0 Å². The molecule has 1 aromatic heterocycles. The Morgan fingerprint density at radius 1 is 1.29 bits per heavy atom. The van der Waals surface area contributed by atoms with E-state index in [0.29, 0.717) is 26.9 Å². The number of carbonyl (C=O) groups excluding carboxylic acids is 2. The number of primary amides is 1. The lowest BCUT2D eigenvalue weighted by Gasteiger charge is -2.33. The summed E-state index contributed by atoms with van der Waals surface area (Å²) in [6.45, 7) is 3.07. The van der Waals surface area contributed by atoms with Crippen molar-refractivity contribution in [2.75, 3.05) is 7.05 Å². The van der Waals surface area contributed by atoms with E-state index in [9.17, 15) is 22.8 Å². The van der Waals surface area contributed by atoms with Crippen LogP contribution in [0.2, 0.25) is 0 Å². The maximum absolute atomic E-state index is 13.9. The van der Waals surface area contributed by atoms with Gasteiger partial charge in [-0.2, -0.15) is 0 Å². The second-order valence-electron chi connectivity index (χ2n) is 8.44. The molecule has 1 aliphatic rings. The molecule has 1 aliphatic carbocycles. The van der Waals surface area contributed by atoms with Crippen molar-refractivity contribution in [1.82, 2.24) is 24.7 Å². The first-order chi connectivity index (χ1) is 17.9. The van der Waals surface area contributed by atoms with Crippen molar-refractivity contribution in [2.24, 2.45) is 23.5 Å². The van der Waals surface area contributed by atoms with Crippen molar-refractivity contribution in [1.29, 1.82) is 0 Å². The van der Waals surface area contributed by atoms with E-state index in [1.54, 1.807) is 31.1 Å². The number of imidazole rings is 1. The van der Waals surface area contributed by atoms with Crippen LogP contribution in [-0.2, 0) is 20.1 Å². The smallest absolute Gasteiger partial charge is 0.334 e. The molecule has 1 unspecified atom stereocenters. The van der Waals surface area contributed by atoms with Crippen LogP contribution in [0.3, 0.4) is 0 Å². The van der Waals surface area contributed by atoms with Crippen LogP contribution in [0.5, 0.6) is 0 Å². The molecule has 38 heavy (non-hydrogen) atoms. The Kier molecular flexibility index (Phi) is 8.84. The number of nitrogens with two attached hydrogens (primary N) is 2. The van der Waals surface area contributed by atoms with Gasteiger partial charge in [-0.25, -0.2) is 32.6 Å². The van der Waals surface area contributed by atoms with Gasteiger partial charge in [0.2, 0.25) is 0 Å². The summed E-state index contributed by atoms with van der Waals surface area (Å²) in [7, 11) is 3.27. The molecule has 2 aromatic rings. The molecule has 1 atom stereocenters. The third-order valence-electron chi connectivity index (χ3n) is 5.56. The minimum absolute atomic E-state index is 0.0859. The Bertz CT molecular complexity index is 1330. The van der Waals surface area contributed by atoms with E-state index in [-0.39, 0.29) is 24.4 Å². The van der Waals surface area contributed by atoms with Gasteiger partial charge in [-0.3, -0.25) is 9.89 Å². The first-order valence-corrected chi connectivity index (χ1v) is 11.5. The quantitative estimate of drug-likeness (QED) is 0.343. The largest absolute Gasteiger partial charge is 0.398 e. The number of benzene rings is 1. The van der Waals surface area contributed by atoms with E-state index >= 15 is 0 Å². The molecule has 10 nitrogen and oxygen atoms in total.